The van der Waals surface area contributed by atoms with Gasteiger partial charge in [0.15, 0.2) is 0 Å². The predicted molar refractivity (Wildman–Crippen MR) is 48.2 cm³/mol. The highest BCUT2D eigenvalue weighted by molar-refractivity contribution is 7.99. The van der Waals surface area contributed by atoms with Gasteiger partial charge in [0.25, 0.3) is 0 Å². The second-order valence-electron chi connectivity index (χ2n) is 2.83. The van der Waals surface area contributed by atoms with Gasteiger partial charge in [-0.2, -0.15) is 11.8 Å². The van der Waals surface area contributed by atoms with Gasteiger partial charge in [0.05, 0.1) is 5.25 Å². The molecule has 5 heteroatoms. The summed E-state index contributed by atoms with van der Waals surface area (Å²) in [6.07, 6.45) is 1.11. The normalized spacial score (nSPS) is 38.3. The van der Waals surface area contributed by atoms with Gasteiger partial charge >= 0.3 is 0 Å². The maximum atomic E-state index is 11.1. The minimum Gasteiger partial charge on any atom is -0.388 e. The summed E-state index contributed by atoms with van der Waals surface area (Å²) in [4.78, 5) is 12.8. The fraction of sp³-hybridized carbons (Fsp3) is 0.833. The Morgan fingerprint density at radius 2 is 2.27 bits per heavy atom. The number of nitrogens with zero attached hydrogens (tertiary/aromatic N) is 1. The Hall–Kier alpha value is -0.155. The summed E-state index contributed by atoms with van der Waals surface area (Å²) in [5, 5.41) is 9.42. The maximum Gasteiger partial charge on any atom is 0.240 e. The van der Waals surface area contributed by atoms with Crippen LogP contribution in [0.1, 0.15) is 6.92 Å². The molecule has 0 spiro atoms. The zero-order valence-corrected chi connectivity index (χ0v) is 7.76. The fourth-order valence-corrected chi connectivity index (χ4v) is 2.31. The van der Waals surface area contributed by atoms with Gasteiger partial charge in [0.2, 0.25) is 13.9 Å². The topological polar surface area (TPSA) is 40.5 Å². The molecule has 0 aromatic heterocycles. The molecule has 62 valence electrons. The van der Waals surface area contributed by atoms with E-state index in [2.05, 4.69) is 0 Å². The van der Waals surface area contributed by atoms with E-state index in [1.165, 1.54) is 0 Å². The van der Waals surface area contributed by atoms with Crippen LogP contribution in [0.25, 0.3) is 0 Å². The summed E-state index contributed by atoms with van der Waals surface area (Å²) in [5.41, 5.74) is 0. The molecule has 0 bridgehead atoms. The molecular weight excluding hydrogens is 161 g/mol. The lowest BCUT2D eigenvalue weighted by Crippen LogP contribution is -2.30. The Balaban J connectivity index is 2.77. The van der Waals surface area contributed by atoms with Crippen LogP contribution in [0.4, 0.5) is 0 Å². The van der Waals surface area contributed by atoms with Gasteiger partial charge < -0.3 is 9.92 Å². The van der Waals surface area contributed by atoms with Gasteiger partial charge in [-0.05, 0) is 13.2 Å². The van der Waals surface area contributed by atoms with Crippen LogP contribution in [-0.4, -0.2) is 47.5 Å². The van der Waals surface area contributed by atoms with Crippen LogP contribution in [0.15, 0.2) is 0 Å². The molecule has 0 radical (unpaired) electrons. The van der Waals surface area contributed by atoms with Crippen molar-refractivity contribution in [2.24, 2.45) is 0 Å². The maximum absolute atomic E-state index is 11.1. The number of thioether (sulfide) groups is 1. The Morgan fingerprint density at radius 1 is 1.73 bits per heavy atom. The lowest BCUT2D eigenvalue weighted by molar-refractivity contribution is -0.130. The first kappa shape index (κ1) is 8.94. The van der Waals surface area contributed by atoms with Gasteiger partial charge in [0.1, 0.15) is 6.10 Å². The number of rotatable bonds is 1. The average molecular weight is 173 g/mol. The third-order valence-electron chi connectivity index (χ3n) is 2.27. The van der Waals surface area contributed by atoms with Gasteiger partial charge in [-0.3, -0.25) is 4.79 Å². The smallest absolute Gasteiger partial charge is 0.240 e. The number of amides is 1. The molecule has 0 saturated carbocycles. The molecule has 1 amide bonds. The van der Waals surface area contributed by atoms with Crippen LogP contribution >= 0.6 is 11.8 Å². The van der Waals surface area contributed by atoms with E-state index in [1.807, 2.05) is 13.2 Å². The molecular formula is C6H12BNO2S. The third kappa shape index (κ3) is 1.27. The Kier molecular flexibility index (Phi) is 2.49. The molecule has 1 saturated heterocycles. The van der Waals surface area contributed by atoms with E-state index in [4.69, 9.17) is 0 Å². The first-order valence-corrected chi connectivity index (χ1v) is 4.86. The van der Waals surface area contributed by atoms with Gasteiger partial charge in [-0.1, -0.05) is 0 Å². The van der Waals surface area contributed by atoms with Crippen molar-refractivity contribution >= 4 is 25.7 Å². The van der Waals surface area contributed by atoms with E-state index in [0.717, 1.165) is 0 Å². The zero-order valence-electron chi connectivity index (χ0n) is 6.94. The summed E-state index contributed by atoms with van der Waals surface area (Å²) in [5.74, 6) is -0.156. The van der Waals surface area contributed by atoms with E-state index in [0.29, 0.717) is 0 Å². The highest BCUT2D eigenvalue weighted by atomic mass is 32.2. The van der Waals surface area contributed by atoms with Crippen LogP contribution in [0.5, 0.6) is 0 Å². The van der Waals surface area contributed by atoms with Crippen molar-refractivity contribution in [3.8, 4) is 0 Å². The number of aliphatic hydroxyl groups is 1. The molecule has 1 fully saturated rings. The van der Waals surface area contributed by atoms with Crippen LogP contribution in [0, 0.1) is 0 Å². The largest absolute Gasteiger partial charge is 0.388 e. The number of hydrogen-bond donors (Lipinski definition) is 1. The number of carbonyl (C=O) groups is 1. The zero-order chi connectivity index (χ0) is 8.59. The molecule has 1 aliphatic heterocycles. The van der Waals surface area contributed by atoms with E-state index in [-0.39, 0.29) is 17.2 Å². The SMILES string of the molecule is BN1C(=O)C(O)C(SC)C1C. The van der Waals surface area contributed by atoms with E-state index in [9.17, 15) is 9.90 Å². The first-order chi connectivity index (χ1) is 5.09. The van der Waals surface area contributed by atoms with Crippen molar-refractivity contribution in [1.82, 2.24) is 4.81 Å². The second-order valence-corrected chi connectivity index (χ2v) is 3.85. The van der Waals surface area contributed by atoms with Gasteiger partial charge in [0, 0.05) is 6.04 Å². The summed E-state index contributed by atoms with van der Waals surface area (Å²) in [6.45, 7) is 1.95. The summed E-state index contributed by atoms with van der Waals surface area (Å²) >= 11 is 1.54. The van der Waals surface area contributed by atoms with Crippen molar-refractivity contribution in [3.05, 3.63) is 0 Å². The number of aliphatic hydroxyl groups excluding tert-OH is 1. The lowest BCUT2D eigenvalue weighted by Gasteiger charge is -2.18. The molecule has 1 N–H and O–H groups in total. The number of carbonyl (C=O) groups excluding carboxylic acids is 1. The molecule has 3 unspecified atom stereocenters. The standard InChI is InChI=1S/C6H12BNO2S/c1-3-5(11-2)4(9)6(10)8(3)7/h3-5,9H,7H2,1-2H3. The summed E-state index contributed by atoms with van der Waals surface area (Å²) in [6, 6.07) is 0.146. The Bertz CT molecular complexity index is 178. The molecule has 1 aliphatic rings. The molecule has 0 aromatic carbocycles. The predicted octanol–water partition coefficient (Wildman–Crippen LogP) is -1.14. The van der Waals surface area contributed by atoms with Crippen molar-refractivity contribution in [3.63, 3.8) is 0 Å². The molecule has 11 heavy (non-hydrogen) atoms. The minimum atomic E-state index is -0.801. The van der Waals surface area contributed by atoms with E-state index < -0.39 is 6.10 Å². The minimum absolute atomic E-state index is 0.0347. The van der Waals surface area contributed by atoms with Crippen molar-refractivity contribution in [1.29, 1.82) is 0 Å². The van der Waals surface area contributed by atoms with Crippen LogP contribution in [-0.2, 0) is 4.79 Å². The van der Waals surface area contributed by atoms with Crippen molar-refractivity contribution in [2.75, 3.05) is 6.26 Å². The highest BCUT2D eigenvalue weighted by Gasteiger charge is 2.41. The van der Waals surface area contributed by atoms with Crippen LogP contribution < -0.4 is 0 Å². The average Bonchev–Trinajstić information content (AvgIpc) is 2.17. The highest BCUT2D eigenvalue weighted by Crippen LogP contribution is 2.26. The third-order valence-corrected chi connectivity index (χ3v) is 3.47. The molecule has 0 aromatic rings. The van der Waals surface area contributed by atoms with Crippen molar-refractivity contribution in [2.45, 2.75) is 24.3 Å². The summed E-state index contributed by atoms with van der Waals surface area (Å²) in [7, 11) is 1.73. The van der Waals surface area contributed by atoms with E-state index in [1.54, 1.807) is 24.6 Å². The molecule has 1 rings (SSSR count). The monoisotopic (exact) mass is 173 g/mol. The first-order valence-electron chi connectivity index (χ1n) is 3.57. The van der Waals surface area contributed by atoms with Gasteiger partial charge in [-0.15, -0.1) is 0 Å². The fourth-order valence-electron chi connectivity index (χ4n) is 1.36. The van der Waals surface area contributed by atoms with Crippen LogP contribution in [0.3, 0.4) is 0 Å². The lowest BCUT2D eigenvalue weighted by atomic mass is 10.2. The van der Waals surface area contributed by atoms with Crippen molar-refractivity contribution < 1.29 is 9.90 Å². The summed E-state index contributed by atoms with van der Waals surface area (Å²) < 4.78 is 0. The van der Waals surface area contributed by atoms with E-state index >= 15 is 0 Å². The van der Waals surface area contributed by atoms with Gasteiger partial charge in [-0.25, -0.2) is 0 Å². The van der Waals surface area contributed by atoms with Crippen LogP contribution in [0.2, 0.25) is 0 Å². The molecule has 0 aliphatic carbocycles. The Morgan fingerprint density at radius 3 is 2.45 bits per heavy atom. The Labute approximate surface area is 71.6 Å². The number of hydrogen-bond acceptors (Lipinski definition) is 3. The molecule has 1 heterocycles. The second kappa shape index (κ2) is 3.07. The molecule has 3 nitrogen and oxygen atoms in total. The molecule has 3 atom stereocenters. The quantitative estimate of drug-likeness (QED) is 0.509.